The van der Waals surface area contributed by atoms with Gasteiger partial charge in [-0.15, -0.1) is 0 Å². The number of imidazole rings is 1. The number of sulfonamides is 1. The molecule has 0 amide bonds. The minimum Gasteiger partial charge on any atom is -0.384 e. The van der Waals surface area contributed by atoms with Crippen molar-refractivity contribution in [2.75, 3.05) is 18.9 Å². The number of hydrogen-bond donors (Lipinski definition) is 1. The third kappa shape index (κ3) is 3.25. The van der Waals surface area contributed by atoms with Crippen LogP contribution in [0.5, 0.6) is 0 Å². The van der Waals surface area contributed by atoms with E-state index < -0.39 is 10.0 Å². The second kappa shape index (κ2) is 6.28. The molecule has 0 saturated heterocycles. The van der Waals surface area contributed by atoms with Crippen molar-refractivity contribution in [3.05, 3.63) is 42.5 Å². The van der Waals surface area contributed by atoms with Gasteiger partial charge in [0.2, 0.25) is 10.0 Å². The number of aromatic nitrogens is 2. The molecule has 6 nitrogen and oxygen atoms in total. The Hall–Kier alpha value is -1.86. The molecule has 0 spiro atoms. The molecule has 2 aromatic rings. The lowest BCUT2D eigenvalue weighted by atomic mass is 10.3. The van der Waals surface area contributed by atoms with Gasteiger partial charge in [-0.1, -0.05) is 12.1 Å². The molecule has 0 radical (unpaired) electrons. The molecule has 0 aliphatic heterocycles. The van der Waals surface area contributed by atoms with Gasteiger partial charge in [-0.05, 0) is 19.1 Å². The molecule has 1 heterocycles. The van der Waals surface area contributed by atoms with E-state index in [0.29, 0.717) is 18.1 Å². The summed E-state index contributed by atoms with van der Waals surface area (Å²) in [6.07, 6.45) is 3.45. The quantitative estimate of drug-likeness (QED) is 0.881. The largest absolute Gasteiger partial charge is 0.384 e. The molecule has 1 aromatic heterocycles. The van der Waals surface area contributed by atoms with Crippen molar-refractivity contribution in [3.63, 3.8) is 0 Å². The molecule has 0 saturated carbocycles. The van der Waals surface area contributed by atoms with E-state index in [1.807, 2.05) is 24.6 Å². The monoisotopic (exact) mass is 308 g/mol. The minimum absolute atomic E-state index is 0.228. The molecule has 0 aliphatic rings. The summed E-state index contributed by atoms with van der Waals surface area (Å²) in [5.74, 6) is 0.696. The SMILES string of the molecule is CCNc1ccccc1S(=O)(=O)N(C)Cc1nccn1C. The van der Waals surface area contributed by atoms with Crippen LogP contribution in [-0.2, 0) is 23.6 Å². The number of anilines is 1. The van der Waals surface area contributed by atoms with Crippen LogP contribution in [0, 0.1) is 0 Å². The van der Waals surface area contributed by atoms with Crippen LogP contribution < -0.4 is 5.32 Å². The standard InChI is InChI=1S/C14H20N4O2S/c1-4-15-12-7-5-6-8-13(12)21(19,20)18(3)11-14-16-9-10-17(14)2/h5-10,15H,4,11H2,1-3H3. The number of benzene rings is 1. The predicted octanol–water partition coefficient (Wildman–Crippen LogP) is 1.67. The first-order chi connectivity index (χ1) is 9.96. The Bertz CT molecular complexity index is 709. The number of rotatable bonds is 6. The summed E-state index contributed by atoms with van der Waals surface area (Å²) in [6.45, 7) is 2.82. The van der Waals surface area contributed by atoms with Gasteiger partial charge in [0.05, 0.1) is 12.2 Å². The number of hydrogen-bond acceptors (Lipinski definition) is 4. The van der Waals surface area contributed by atoms with Crippen LogP contribution in [0.3, 0.4) is 0 Å². The average Bonchev–Trinajstić information content (AvgIpc) is 2.85. The maximum Gasteiger partial charge on any atom is 0.245 e. The van der Waals surface area contributed by atoms with E-state index in [1.165, 1.54) is 4.31 Å². The molecule has 7 heteroatoms. The molecular formula is C14H20N4O2S. The summed E-state index contributed by atoms with van der Waals surface area (Å²) < 4.78 is 28.5. The Morgan fingerprint density at radius 2 is 2.05 bits per heavy atom. The average molecular weight is 308 g/mol. The number of aryl methyl sites for hydroxylation is 1. The zero-order chi connectivity index (χ0) is 15.5. The maximum absolute atomic E-state index is 12.7. The van der Waals surface area contributed by atoms with Crippen molar-refractivity contribution in [3.8, 4) is 0 Å². The normalized spacial score (nSPS) is 11.8. The van der Waals surface area contributed by atoms with Crippen LogP contribution in [0.2, 0.25) is 0 Å². The molecule has 2 rings (SSSR count). The molecule has 0 aliphatic carbocycles. The molecule has 0 fully saturated rings. The van der Waals surface area contributed by atoms with Crippen LogP contribution in [0.1, 0.15) is 12.7 Å². The van der Waals surface area contributed by atoms with Crippen molar-refractivity contribution in [2.45, 2.75) is 18.4 Å². The first-order valence-electron chi connectivity index (χ1n) is 6.72. The van der Waals surface area contributed by atoms with Gasteiger partial charge in [-0.2, -0.15) is 4.31 Å². The van der Waals surface area contributed by atoms with E-state index in [2.05, 4.69) is 10.3 Å². The van der Waals surface area contributed by atoms with Crippen molar-refractivity contribution in [2.24, 2.45) is 7.05 Å². The summed E-state index contributed by atoms with van der Waals surface area (Å²) in [6, 6.07) is 6.92. The number of para-hydroxylation sites is 1. The van der Waals surface area contributed by atoms with Gasteiger partial charge in [-0.25, -0.2) is 13.4 Å². The fourth-order valence-electron chi connectivity index (χ4n) is 2.03. The highest BCUT2D eigenvalue weighted by Crippen LogP contribution is 2.24. The van der Waals surface area contributed by atoms with Crippen molar-refractivity contribution in [1.82, 2.24) is 13.9 Å². The molecule has 0 atom stereocenters. The highest BCUT2D eigenvalue weighted by molar-refractivity contribution is 7.89. The van der Waals surface area contributed by atoms with Crippen LogP contribution in [-0.4, -0.2) is 35.9 Å². The van der Waals surface area contributed by atoms with Gasteiger partial charge in [0.15, 0.2) is 0 Å². The van der Waals surface area contributed by atoms with Gasteiger partial charge in [0.25, 0.3) is 0 Å². The van der Waals surface area contributed by atoms with E-state index in [4.69, 9.17) is 0 Å². The Morgan fingerprint density at radius 3 is 2.67 bits per heavy atom. The highest BCUT2D eigenvalue weighted by Gasteiger charge is 2.24. The van der Waals surface area contributed by atoms with Gasteiger partial charge in [-0.3, -0.25) is 0 Å². The van der Waals surface area contributed by atoms with Crippen molar-refractivity contribution in [1.29, 1.82) is 0 Å². The summed E-state index contributed by atoms with van der Waals surface area (Å²) in [7, 11) is -0.162. The minimum atomic E-state index is -3.57. The zero-order valence-electron chi connectivity index (χ0n) is 12.4. The Morgan fingerprint density at radius 1 is 1.33 bits per heavy atom. The van der Waals surface area contributed by atoms with Crippen LogP contribution in [0.15, 0.2) is 41.6 Å². The molecule has 21 heavy (non-hydrogen) atoms. The second-order valence-electron chi connectivity index (χ2n) is 4.74. The molecule has 114 valence electrons. The first-order valence-corrected chi connectivity index (χ1v) is 8.16. The predicted molar refractivity (Wildman–Crippen MR) is 82.5 cm³/mol. The van der Waals surface area contributed by atoms with Crippen molar-refractivity contribution < 1.29 is 8.42 Å². The zero-order valence-corrected chi connectivity index (χ0v) is 13.3. The molecule has 0 unspecified atom stereocenters. The maximum atomic E-state index is 12.7. The third-order valence-corrected chi connectivity index (χ3v) is 5.09. The molecule has 0 bridgehead atoms. The van der Waals surface area contributed by atoms with Gasteiger partial charge >= 0.3 is 0 Å². The van der Waals surface area contributed by atoms with Gasteiger partial charge in [0, 0.05) is 33.0 Å². The number of nitrogens with zero attached hydrogens (tertiary/aromatic N) is 3. The van der Waals surface area contributed by atoms with Crippen LogP contribution in [0.25, 0.3) is 0 Å². The fraction of sp³-hybridized carbons (Fsp3) is 0.357. The lowest BCUT2D eigenvalue weighted by Crippen LogP contribution is -2.28. The number of nitrogens with one attached hydrogen (secondary N) is 1. The van der Waals surface area contributed by atoms with E-state index in [9.17, 15) is 8.42 Å². The fourth-order valence-corrected chi connectivity index (χ4v) is 3.32. The molecular weight excluding hydrogens is 288 g/mol. The third-order valence-electron chi connectivity index (χ3n) is 3.23. The van der Waals surface area contributed by atoms with E-state index in [0.717, 1.165) is 0 Å². The molecule has 1 aromatic carbocycles. The van der Waals surface area contributed by atoms with E-state index >= 15 is 0 Å². The lowest BCUT2D eigenvalue weighted by Gasteiger charge is -2.19. The summed E-state index contributed by atoms with van der Waals surface area (Å²) >= 11 is 0. The Kier molecular flexibility index (Phi) is 4.64. The van der Waals surface area contributed by atoms with Gasteiger partial charge in [0.1, 0.15) is 10.7 Å². The van der Waals surface area contributed by atoms with E-state index in [1.54, 1.807) is 37.6 Å². The smallest absolute Gasteiger partial charge is 0.245 e. The topological polar surface area (TPSA) is 67.2 Å². The van der Waals surface area contributed by atoms with Crippen molar-refractivity contribution >= 4 is 15.7 Å². The second-order valence-corrected chi connectivity index (χ2v) is 6.76. The Labute approximate surface area is 125 Å². The summed E-state index contributed by atoms with van der Waals surface area (Å²) in [5.41, 5.74) is 0.617. The first kappa shape index (κ1) is 15.5. The van der Waals surface area contributed by atoms with Crippen LogP contribution in [0.4, 0.5) is 5.69 Å². The Balaban J connectivity index is 2.31. The van der Waals surface area contributed by atoms with Gasteiger partial charge < -0.3 is 9.88 Å². The summed E-state index contributed by atoms with van der Waals surface area (Å²) in [4.78, 5) is 4.44. The lowest BCUT2D eigenvalue weighted by molar-refractivity contribution is 0.451. The summed E-state index contributed by atoms with van der Waals surface area (Å²) in [5, 5.41) is 3.08. The molecule has 1 N–H and O–H groups in total. The van der Waals surface area contributed by atoms with E-state index in [-0.39, 0.29) is 11.4 Å². The highest BCUT2D eigenvalue weighted by atomic mass is 32.2. The van der Waals surface area contributed by atoms with Crippen LogP contribution >= 0.6 is 0 Å².